The molecule has 0 aliphatic carbocycles. The normalized spacial score (nSPS) is 16.8. The smallest absolute Gasteiger partial charge is 0.329 e. The quantitative estimate of drug-likeness (QED) is 0.812. The number of aryl methyl sites for hydroxylation is 1. The van der Waals surface area contributed by atoms with Gasteiger partial charge in [-0.25, -0.2) is 9.78 Å². The van der Waals surface area contributed by atoms with Crippen LogP contribution in [0.3, 0.4) is 0 Å². The van der Waals surface area contributed by atoms with E-state index >= 15 is 0 Å². The molecule has 0 saturated carbocycles. The lowest BCUT2D eigenvalue weighted by molar-refractivity contribution is -0.149. The lowest BCUT2D eigenvalue weighted by atomic mass is 9.93. The Bertz CT molecular complexity index is 741. The van der Waals surface area contributed by atoms with E-state index in [1.807, 2.05) is 24.3 Å². The molecule has 1 aliphatic rings. The Kier molecular flexibility index (Phi) is 4.43. The number of aromatic nitrogens is 1. The minimum atomic E-state index is -0.584. The minimum absolute atomic E-state index is 0.155. The first-order valence-electron chi connectivity index (χ1n) is 7.56. The fourth-order valence-electron chi connectivity index (χ4n) is 2.82. The SMILES string of the molecule is CCOC(=O)C1Cc2ccccc2CN1C(=O)c1scnc1C. The molecule has 0 spiro atoms. The van der Waals surface area contributed by atoms with Crippen LogP contribution in [0.25, 0.3) is 0 Å². The Morgan fingerprint density at radius 2 is 2.09 bits per heavy atom. The topological polar surface area (TPSA) is 59.5 Å². The van der Waals surface area contributed by atoms with Crippen LogP contribution in [0, 0.1) is 6.92 Å². The van der Waals surface area contributed by atoms with Crippen molar-refractivity contribution in [3.8, 4) is 0 Å². The number of amides is 1. The fourth-order valence-corrected chi connectivity index (χ4v) is 3.58. The van der Waals surface area contributed by atoms with Gasteiger partial charge in [-0.1, -0.05) is 24.3 Å². The maximum atomic E-state index is 12.9. The Labute approximate surface area is 138 Å². The summed E-state index contributed by atoms with van der Waals surface area (Å²) in [6.45, 7) is 4.30. The van der Waals surface area contributed by atoms with Gasteiger partial charge in [0.25, 0.3) is 5.91 Å². The molecule has 0 saturated heterocycles. The number of thiazole rings is 1. The van der Waals surface area contributed by atoms with Gasteiger partial charge in [0.1, 0.15) is 10.9 Å². The van der Waals surface area contributed by atoms with E-state index in [9.17, 15) is 9.59 Å². The van der Waals surface area contributed by atoms with Crippen molar-refractivity contribution in [1.82, 2.24) is 9.88 Å². The molecule has 0 radical (unpaired) electrons. The lowest BCUT2D eigenvalue weighted by Gasteiger charge is -2.35. The molecule has 5 nitrogen and oxygen atoms in total. The fraction of sp³-hybridized carbons (Fsp3) is 0.353. The van der Waals surface area contributed by atoms with Crippen molar-refractivity contribution in [3.05, 3.63) is 51.5 Å². The molecule has 120 valence electrons. The van der Waals surface area contributed by atoms with Crippen LogP contribution in [0.4, 0.5) is 0 Å². The number of ether oxygens (including phenoxy) is 1. The first-order chi connectivity index (χ1) is 11.1. The Hall–Kier alpha value is -2.21. The van der Waals surface area contributed by atoms with Crippen LogP contribution in [0.15, 0.2) is 29.8 Å². The monoisotopic (exact) mass is 330 g/mol. The Balaban J connectivity index is 1.96. The van der Waals surface area contributed by atoms with E-state index in [2.05, 4.69) is 4.98 Å². The van der Waals surface area contributed by atoms with E-state index in [-0.39, 0.29) is 11.9 Å². The van der Waals surface area contributed by atoms with Crippen molar-refractivity contribution >= 4 is 23.2 Å². The summed E-state index contributed by atoms with van der Waals surface area (Å²) in [4.78, 5) is 31.6. The maximum Gasteiger partial charge on any atom is 0.329 e. The van der Waals surface area contributed by atoms with Gasteiger partial charge in [0, 0.05) is 13.0 Å². The second kappa shape index (κ2) is 6.50. The van der Waals surface area contributed by atoms with Gasteiger partial charge in [-0.05, 0) is 25.0 Å². The summed E-state index contributed by atoms with van der Waals surface area (Å²) in [7, 11) is 0. The predicted molar refractivity (Wildman–Crippen MR) is 87.3 cm³/mol. The van der Waals surface area contributed by atoms with Crippen LogP contribution < -0.4 is 0 Å². The van der Waals surface area contributed by atoms with Gasteiger partial charge in [-0.15, -0.1) is 11.3 Å². The number of hydrogen-bond donors (Lipinski definition) is 0. The molecule has 1 aromatic carbocycles. The zero-order valence-electron chi connectivity index (χ0n) is 13.1. The Morgan fingerprint density at radius 1 is 1.35 bits per heavy atom. The molecule has 0 N–H and O–H groups in total. The van der Waals surface area contributed by atoms with Gasteiger partial charge in [0.2, 0.25) is 0 Å². The summed E-state index contributed by atoms with van der Waals surface area (Å²) >= 11 is 1.31. The number of carbonyl (C=O) groups excluding carboxylic acids is 2. The zero-order chi connectivity index (χ0) is 16.4. The third-order valence-corrected chi connectivity index (χ3v) is 4.92. The standard InChI is InChI=1S/C17H18N2O3S/c1-3-22-17(21)14-8-12-6-4-5-7-13(12)9-19(14)16(20)15-11(2)18-10-23-15/h4-7,10,14H,3,8-9H2,1-2H3. The number of hydrogen-bond acceptors (Lipinski definition) is 5. The van der Waals surface area contributed by atoms with Crippen molar-refractivity contribution in [2.45, 2.75) is 32.9 Å². The van der Waals surface area contributed by atoms with E-state index in [4.69, 9.17) is 4.74 Å². The molecule has 1 unspecified atom stereocenters. The molecule has 3 rings (SSSR count). The second-order valence-electron chi connectivity index (χ2n) is 5.44. The molecular formula is C17H18N2O3S. The van der Waals surface area contributed by atoms with Crippen molar-refractivity contribution in [2.24, 2.45) is 0 Å². The first-order valence-corrected chi connectivity index (χ1v) is 8.44. The molecule has 2 aromatic rings. The number of rotatable bonds is 3. The van der Waals surface area contributed by atoms with E-state index in [0.717, 1.165) is 11.1 Å². The van der Waals surface area contributed by atoms with Crippen molar-refractivity contribution in [3.63, 3.8) is 0 Å². The highest BCUT2D eigenvalue weighted by molar-refractivity contribution is 7.11. The summed E-state index contributed by atoms with van der Waals surface area (Å²) in [5.41, 5.74) is 4.51. The lowest BCUT2D eigenvalue weighted by Crippen LogP contribution is -2.49. The highest BCUT2D eigenvalue weighted by atomic mass is 32.1. The van der Waals surface area contributed by atoms with Crippen molar-refractivity contribution in [2.75, 3.05) is 6.61 Å². The van der Waals surface area contributed by atoms with Crippen LogP contribution >= 0.6 is 11.3 Å². The van der Waals surface area contributed by atoms with Gasteiger partial charge >= 0.3 is 5.97 Å². The van der Waals surface area contributed by atoms with Gasteiger partial charge < -0.3 is 9.64 Å². The molecule has 1 aliphatic heterocycles. The maximum absolute atomic E-state index is 12.9. The molecule has 1 amide bonds. The summed E-state index contributed by atoms with van der Waals surface area (Å²) in [6, 6.07) is 7.31. The van der Waals surface area contributed by atoms with Gasteiger partial charge in [-0.3, -0.25) is 4.79 Å². The number of carbonyl (C=O) groups is 2. The number of nitrogens with zero attached hydrogens (tertiary/aromatic N) is 2. The van der Waals surface area contributed by atoms with Crippen LogP contribution in [0.2, 0.25) is 0 Å². The predicted octanol–water partition coefficient (Wildman–Crippen LogP) is 2.58. The van der Waals surface area contributed by atoms with Gasteiger partial charge in [-0.2, -0.15) is 0 Å². The molecule has 6 heteroatoms. The molecular weight excluding hydrogens is 312 g/mol. The third kappa shape index (κ3) is 2.99. The van der Waals surface area contributed by atoms with E-state index in [1.165, 1.54) is 11.3 Å². The first kappa shape index (κ1) is 15.7. The van der Waals surface area contributed by atoms with Gasteiger partial charge in [0.15, 0.2) is 0 Å². The zero-order valence-corrected chi connectivity index (χ0v) is 13.9. The highest BCUT2D eigenvalue weighted by Gasteiger charge is 2.36. The van der Waals surface area contributed by atoms with Crippen LogP contribution in [0.1, 0.15) is 33.4 Å². The van der Waals surface area contributed by atoms with Crippen LogP contribution in [-0.4, -0.2) is 34.4 Å². The third-order valence-electron chi connectivity index (χ3n) is 4.01. The second-order valence-corrected chi connectivity index (χ2v) is 6.30. The molecule has 23 heavy (non-hydrogen) atoms. The summed E-state index contributed by atoms with van der Waals surface area (Å²) in [5.74, 6) is -0.505. The summed E-state index contributed by atoms with van der Waals surface area (Å²) in [5, 5.41) is 0. The van der Waals surface area contributed by atoms with Gasteiger partial charge in [0.05, 0.1) is 17.8 Å². The van der Waals surface area contributed by atoms with Crippen LogP contribution in [-0.2, 0) is 22.5 Å². The van der Waals surface area contributed by atoms with Crippen molar-refractivity contribution < 1.29 is 14.3 Å². The molecule has 1 aromatic heterocycles. The van der Waals surface area contributed by atoms with Crippen LogP contribution in [0.5, 0.6) is 0 Å². The van der Waals surface area contributed by atoms with E-state index < -0.39 is 6.04 Å². The largest absolute Gasteiger partial charge is 0.464 e. The molecule has 1 atom stereocenters. The number of fused-ring (bicyclic) bond motifs is 1. The summed E-state index contributed by atoms with van der Waals surface area (Å²) in [6.07, 6.45) is 0.485. The van der Waals surface area contributed by atoms with Crippen molar-refractivity contribution in [1.29, 1.82) is 0 Å². The highest BCUT2D eigenvalue weighted by Crippen LogP contribution is 2.27. The molecule has 0 bridgehead atoms. The van der Waals surface area contributed by atoms with E-state index in [0.29, 0.717) is 30.1 Å². The average Bonchev–Trinajstić information content (AvgIpc) is 2.99. The summed E-state index contributed by atoms with van der Waals surface area (Å²) < 4.78 is 5.18. The molecule has 2 heterocycles. The molecule has 0 fully saturated rings. The number of benzene rings is 1. The number of esters is 1. The Morgan fingerprint density at radius 3 is 2.74 bits per heavy atom. The minimum Gasteiger partial charge on any atom is -0.464 e. The van der Waals surface area contributed by atoms with E-state index in [1.54, 1.807) is 24.3 Å². The average molecular weight is 330 g/mol.